The lowest BCUT2D eigenvalue weighted by Gasteiger charge is -2.22. The maximum atomic E-state index is 4.86. The number of fused-ring (bicyclic) bond motifs is 5. The first-order chi connectivity index (χ1) is 54.1. The molecule has 10 aromatic heterocycles. The van der Waals surface area contributed by atoms with Crippen LogP contribution in [0.3, 0.4) is 0 Å². The van der Waals surface area contributed by atoms with E-state index in [-0.39, 0.29) is 0 Å². The summed E-state index contributed by atoms with van der Waals surface area (Å²) in [6, 6.07) is 64.5. The van der Waals surface area contributed by atoms with Crippen molar-refractivity contribution in [3.05, 3.63) is 290 Å². The van der Waals surface area contributed by atoms with Gasteiger partial charge in [-0.25, -0.2) is 15.0 Å². The van der Waals surface area contributed by atoms with Gasteiger partial charge in [-0.3, -0.25) is 59.4 Å². The third-order valence-corrected chi connectivity index (χ3v) is 22.9. The number of hydrogen-bond acceptors (Lipinski definition) is 17. The molecule has 5 saturated heterocycles. The average Bonchev–Trinajstić information content (AvgIpc) is 1.06. The van der Waals surface area contributed by atoms with E-state index in [2.05, 4.69) is 231 Å². The summed E-state index contributed by atoms with van der Waals surface area (Å²) in [5, 5.41) is 15.8. The lowest BCUT2D eigenvalue weighted by Crippen LogP contribution is -2.18. The lowest BCUT2D eigenvalue weighted by atomic mass is 9.96. The van der Waals surface area contributed by atoms with Crippen LogP contribution in [0.2, 0.25) is 0 Å². The maximum absolute atomic E-state index is 4.86. The summed E-state index contributed by atoms with van der Waals surface area (Å²) in [7, 11) is 11.0. The molecule has 5 atom stereocenters. The van der Waals surface area contributed by atoms with Gasteiger partial charge in [0.2, 0.25) is 0 Å². The van der Waals surface area contributed by atoms with Gasteiger partial charge in [0, 0.05) is 166 Å². The maximum Gasteiger partial charge on any atom is 0.160 e. The fourth-order valence-electron chi connectivity index (χ4n) is 17.0. The van der Waals surface area contributed by atoms with Crippen molar-refractivity contribution >= 4 is 54.4 Å². The molecule has 15 aromatic rings. The molecule has 20 rings (SSSR count). The largest absolute Gasteiger partial charge is 0.299 e. The first-order valence-electron chi connectivity index (χ1n) is 38.9. The van der Waals surface area contributed by atoms with E-state index in [0.717, 1.165) is 99.6 Å². The number of para-hydroxylation sites is 3. The molecule has 550 valence electrons. The number of hydrogen-bond donors (Lipinski definition) is 0. The van der Waals surface area contributed by atoms with Gasteiger partial charge in [-0.1, -0.05) is 103 Å². The highest BCUT2D eigenvalue weighted by Gasteiger charge is 2.31. The SMILES string of the molecule is CN1CCC[C@H]1c1cnccc1-c1cc2ccccc2nn1.CN1CCC[C@H]1c1cnccc1-c1ccc2ccccc2n1.CN1CCC[C@H]1c1cnccc1-c1cnc2ccccc2c1.CN1CCC[C@H]1c1cnccc1-c1ncc2ccccc2n1.CN1CCC[C@H]1c1cnccc1-c1nccc2ccccc12. The summed E-state index contributed by atoms with van der Waals surface area (Å²) in [4.78, 5) is 57.3. The summed E-state index contributed by atoms with van der Waals surface area (Å²) in [5.74, 6) is 0.788. The lowest BCUT2D eigenvalue weighted by molar-refractivity contribution is 0.317. The Balaban J connectivity index is 0.000000104. The molecule has 0 bridgehead atoms. The molecular formula is C93H93N17. The zero-order valence-corrected chi connectivity index (χ0v) is 63.4. The van der Waals surface area contributed by atoms with Crippen LogP contribution in [0.1, 0.15) is 122 Å². The van der Waals surface area contributed by atoms with Gasteiger partial charge in [-0.2, -0.15) is 0 Å². The van der Waals surface area contributed by atoms with Crippen molar-refractivity contribution in [1.29, 1.82) is 0 Å². The van der Waals surface area contributed by atoms with E-state index in [1.807, 2.05) is 141 Å². The molecule has 110 heavy (non-hydrogen) atoms. The smallest absolute Gasteiger partial charge is 0.160 e. The number of rotatable bonds is 10. The van der Waals surface area contributed by atoms with Crippen LogP contribution < -0.4 is 0 Å². The van der Waals surface area contributed by atoms with Crippen molar-refractivity contribution in [2.24, 2.45) is 0 Å². The highest BCUT2D eigenvalue weighted by Crippen LogP contribution is 2.42. The van der Waals surface area contributed by atoms with Gasteiger partial charge in [-0.15, -0.1) is 10.2 Å². The van der Waals surface area contributed by atoms with E-state index < -0.39 is 0 Å². The second-order valence-electron chi connectivity index (χ2n) is 29.7. The van der Waals surface area contributed by atoms with E-state index in [1.54, 1.807) is 0 Å². The molecule has 15 heterocycles. The van der Waals surface area contributed by atoms with Crippen LogP contribution in [0.25, 0.3) is 111 Å². The molecule has 5 aliphatic rings. The molecule has 0 aliphatic carbocycles. The predicted molar refractivity (Wildman–Crippen MR) is 443 cm³/mol. The predicted octanol–water partition coefficient (Wildman–Crippen LogP) is 19.1. The standard InChI is InChI=1S/3C19H19N3.2C18H18N4/c1-22-12-4-7-18(22)17-13-20-10-9-16(17)19-15-6-3-2-5-14(15)8-11-21-19;1-22-12-4-7-19(22)16-13-20-11-10-15(16)18-9-8-14-5-2-3-6-17(14)21-18;1-22-10-4-7-19(22)17-13-20-9-8-16(17)15-11-14-5-2-3-6-18(14)21-12-15;1-22-10-4-7-18(22)15-12-19-9-8-14(15)17-11-13-5-2-3-6-16(13)20-21-17;1-22-10-4-7-17(22)15-12-19-9-8-14(15)18-20-11-13-5-2-3-6-16(13)21-18/h2-3,5-6,8-11,13,18H,4,7,12H2,1H3;2-3,5-6,8-11,13,19H,4,7,12H2,1H3;2-3,5-6,8-9,11-13,19H,4,7,10H2,1H3;2-3,5-6,8-9,11-12,18H,4,7,10H2,1H3;2-3,5-6,8-9,11-12,17H,4,7,10H2,1H3/t18-;2*19-;18-;17-/m00000/s1. The highest BCUT2D eigenvalue weighted by molar-refractivity contribution is 5.95. The minimum absolute atomic E-state index is 0.416. The molecule has 0 spiro atoms. The number of likely N-dealkylation sites (tertiary alicyclic amines) is 5. The van der Waals surface area contributed by atoms with Crippen LogP contribution in [0.5, 0.6) is 0 Å². The fraction of sp³-hybridized carbons (Fsp3) is 0.269. The Morgan fingerprint density at radius 1 is 0.282 bits per heavy atom. The summed E-state index contributed by atoms with van der Waals surface area (Å²) in [5.41, 5.74) is 20.5. The van der Waals surface area contributed by atoms with Crippen molar-refractivity contribution in [3.63, 3.8) is 0 Å². The molecule has 0 saturated carbocycles. The number of aromatic nitrogens is 12. The molecule has 5 aromatic carbocycles. The molecule has 0 amide bonds. The van der Waals surface area contributed by atoms with E-state index in [1.165, 1.54) is 136 Å². The van der Waals surface area contributed by atoms with Gasteiger partial charge in [0.15, 0.2) is 5.82 Å². The minimum atomic E-state index is 0.416. The molecule has 5 fully saturated rings. The normalized spacial score (nSPS) is 18.9. The van der Waals surface area contributed by atoms with Crippen molar-refractivity contribution in [2.45, 2.75) is 94.4 Å². The molecular weight excluding hydrogens is 1360 g/mol. The second-order valence-corrected chi connectivity index (χ2v) is 29.7. The third-order valence-electron chi connectivity index (χ3n) is 22.9. The Morgan fingerprint density at radius 3 is 1.25 bits per heavy atom. The van der Waals surface area contributed by atoms with Crippen LogP contribution in [-0.4, -0.2) is 152 Å². The van der Waals surface area contributed by atoms with Crippen LogP contribution in [0, 0.1) is 0 Å². The number of nitrogens with zero attached hydrogens (tertiary/aromatic N) is 17. The van der Waals surface area contributed by atoms with Gasteiger partial charge in [-0.05, 0) is 250 Å². The minimum Gasteiger partial charge on any atom is -0.299 e. The quantitative estimate of drug-likeness (QED) is 0.126. The first-order valence-corrected chi connectivity index (χ1v) is 38.9. The number of pyridine rings is 8. The fourth-order valence-corrected chi connectivity index (χ4v) is 17.0. The van der Waals surface area contributed by atoms with Gasteiger partial charge in [0.05, 0.1) is 39.1 Å². The second kappa shape index (κ2) is 34.0. The molecule has 0 unspecified atom stereocenters. The van der Waals surface area contributed by atoms with Crippen LogP contribution in [0.15, 0.2) is 263 Å². The molecule has 0 radical (unpaired) electrons. The van der Waals surface area contributed by atoms with Crippen molar-refractivity contribution < 1.29 is 0 Å². The Hall–Kier alpha value is -11.4. The monoisotopic (exact) mass is 1450 g/mol. The van der Waals surface area contributed by atoms with E-state index in [4.69, 9.17) is 9.97 Å². The summed E-state index contributed by atoms with van der Waals surface area (Å²) in [6.45, 7) is 5.75. The average molecular weight is 1450 g/mol. The van der Waals surface area contributed by atoms with E-state index >= 15 is 0 Å². The summed E-state index contributed by atoms with van der Waals surface area (Å²) < 4.78 is 0. The molecule has 17 nitrogen and oxygen atoms in total. The van der Waals surface area contributed by atoms with Gasteiger partial charge < -0.3 is 0 Å². The van der Waals surface area contributed by atoms with Gasteiger partial charge >= 0.3 is 0 Å². The van der Waals surface area contributed by atoms with Crippen molar-refractivity contribution in [1.82, 2.24) is 84.5 Å². The zero-order chi connectivity index (χ0) is 74.7. The molecule has 0 N–H and O–H groups in total. The Labute approximate surface area is 644 Å². The zero-order valence-electron chi connectivity index (χ0n) is 63.4. The van der Waals surface area contributed by atoms with Crippen molar-refractivity contribution in [2.75, 3.05) is 68.0 Å². The third kappa shape index (κ3) is 16.0. The van der Waals surface area contributed by atoms with Gasteiger partial charge in [0.1, 0.15) is 0 Å². The topological polar surface area (TPSA) is 171 Å². The van der Waals surface area contributed by atoms with E-state index in [9.17, 15) is 0 Å². The van der Waals surface area contributed by atoms with Crippen LogP contribution in [0.4, 0.5) is 0 Å². The first kappa shape index (κ1) is 72.7. The van der Waals surface area contributed by atoms with Gasteiger partial charge in [0.25, 0.3) is 0 Å². The number of benzene rings is 5. The summed E-state index contributed by atoms with van der Waals surface area (Å²) >= 11 is 0. The molecule has 5 aliphatic heterocycles. The summed E-state index contributed by atoms with van der Waals surface area (Å²) in [6.07, 6.45) is 37.2. The Kier molecular flexibility index (Phi) is 22.5. The Morgan fingerprint density at radius 2 is 0.700 bits per heavy atom. The molecule has 17 heteroatoms. The Bertz CT molecular complexity index is 5110. The highest BCUT2D eigenvalue weighted by atomic mass is 15.2. The van der Waals surface area contributed by atoms with Crippen LogP contribution >= 0.6 is 0 Å². The van der Waals surface area contributed by atoms with Crippen molar-refractivity contribution in [3.8, 4) is 56.3 Å². The van der Waals surface area contributed by atoms with E-state index in [0.29, 0.717) is 30.2 Å². The van der Waals surface area contributed by atoms with Crippen LogP contribution in [-0.2, 0) is 0 Å².